The molecular formula is C21H24FN7O3S. The fourth-order valence-electron chi connectivity index (χ4n) is 3.28. The van der Waals surface area contributed by atoms with Crippen LogP contribution in [0, 0.1) is 5.82 Å². The van der Waals surface area contributed by atoms with Crippen molar-refractivity contribution >= 4 is 28.3 Å². The summed E-state index contributed by atoms with van der Waals surface area (Å²) in [6.07, 6.45) is 1.56. The SMILES string of the molecule is CC1CN(c2nc(Oc3ccc(C(=O)N(C)C)cc3F)nc(-c3cnc(N)s3)n2)C(C)CO1. The summed E-state index contributed by atoms with van der Waals surface area (Å²) in [6.45, 7) is 5.06. The van der Waals surface area contributed by atoms with Gasteiger partial charge in [-0.15, -0.1) is 0 Å². The Hall–Kier alpha value is -3.38. The van der Waals surface area contributed by atoms with Crippen molar-refractivity contribution < 1.29 is 18.7 Å². The van der Waals surface area contributed by atoms with Crippen LogP contribution in [0.4, 0.5) is 15.5 Å². The first-order chi connectivity index (χ1) is 15.7. The fraction of sp³-hybridized carbons (Fsp3) is 0.381. The highest BCUT2D eigenvalue weighted by Crippen LogP contribution is 2.30. The Morgan fingerprint density at radius 3 is 2.76 bits per heavy atom. The fourth-order valence-corrected chi connectivity index (χ4v) is 3.89. The molecule has 1 aliphatic rings. The molecule has 1 fully saturated rings. The second-order valence-corrected chi connectivity index (χ2v) is 8.96. The molecule has 0 saturated carbocycles. The predicted molar refractivity (Wildman–Crippen MR) is 122 cm³/mol. The number of halogens is 1. The van der Waals surface area contributed by atoms with Gasteiger partial charge in [0.15, 0.2) is 22.5 Å². The van der Waals surface area contributed by atoms with Crippen molar-refractivity contribution in [3.8, 4) is 22.5 Å². The van der Waals surface area contributed by atoms with Crippen molar-refractivity contribution in [3.63, 3.8) is 0 Å². The van der Waals surface area contributed by atoms with Crippen LogP contribution in [-0.4, -0.2) is 70.1 Å². The molecule has 1 amide bonds. The summed E-state index contributed by atoms with van der Waals surface area (Å²) in [5, 5.41) is 0.370. The second-order valence-electron chi connectivity index (χ2n) is 7.90. The van der Waals surface area contributed by atoms with E-state index in [-0.39, 0.29) is 35.4 Å². The van der Waals surface area contributed by atoms with Crippen LogP contribution in [0.25, 0.3) is 10.7 Å². The molecule has 0 aliphatic carbocycles. The van der Waals surface area contributed by atoms with Gasteiger partial charge in [-0.2, -0.15) is 15.0 Å². The Kier molecular flexibility index (Phi) is 6.38. The maximum atomic E-state index is 14.7. The number of ether oxygens (including phenoxy) is 2. The van der Waals surface area contributed by atoms with Crippen molar-refractivity contribution in [2.45, 2.75) is 26.0 Å². The number of nitrogen functional groups attached to an aromatic ring is 1. The summed E-state index contributed by atoms with van der Waals surface area (Å²) < 4.78 is 26.1. The standard InChI is InChI=1S/C21H24FN7O3S/c1-11-10-31-12(2)9-29(11)20-25-17(16-8-24-19(23)33-16)26-21(27-20)32-15-6-5-13(7-14(15)22)18(30)28(3)4/h5-8,11-12H,9-10H2,1-4H3,(H2,23,24). The molecule has 1 aromatic carbocycles. The molecule has 174 valence electrons. The predicted octanol–water partition coefficient (Wildman–Crippen LogP) is 2.82. The third-order valence-corrected chi connectivity index (χ3v) is 5.82. The number of nitrogens with zero attached hydrogens (tertiary/aromatic N) is 6. The first-order valence-corrected chi connectivity index (χ1v) is 11.1. The molecule has 4 rings (SSSR count). The molecule has 3 heterocycles. The van der Waals surface area contributed by atoms with Gasteiger partial charge in [0, 0.05) is 26.2 Å². The van der Waals surface area contributed by atoms with Gasteiger partial charge < -0.3 is 25.0 Å². The summed E-state index contributed by atoms with van der Waals surface area (Å²) in [5.74, 6) is -0.439. The number of hydrogen-bond donors (Lipinski definition) is 1. The topological polar surface area (TPSA) is 120 Å². The number of anilines is 2. The lowest BCUT2D eigenvalue weighted by Crippen LogP contribution is -2.48. The van der Waals surface area contributed by atoms with E-state index in [1.807, 2.05) is 18.7 Å². The van der Waals surface area contributed by atoms with Gasteiger partial charge in [0.2, 0.25) is 5.95 Å². The monoisotopic (exact) mass is 473 g/mol. The van der Waals surface area contributed by atoms with Crippen molar-refractivity contribution in [3.05, 3.63) is 35.8 Å². The van der Waals surface area contributed by atoms with Crippen LogP contribution in [0.2, 0.25) is 0 Å². The minimum atomic E-state index is -0.707. The highest BCUT2D eigenvalue weighted by Gasteiger charge is 2.27. The molecule has 0 radical (unpaired) electrons. The third-order valence-electron chi connectivity index (χ3n) is 5.00. The van der Waals surface area contributed by atoms with E-state index in [2.05, 4.69) is 19.9 Å². The zero-order valence-corrected chi connectivity index (χ0v) is 19.5. The van der Waals surface area contributed by atoms with Gasteiger partial charge in [-0.3, -0.25) is 4.79 Å². The van der Waals surface area contributed by atoms with E-state index in [1.54, 1.807) is 20.3 Å². The van der Waals surface area contributed by atoms with E-state index >= 15 is 0 Å². The Bertz CT molecular complexity index is 1170. The number of aromatic nitrogens is 4. The number of nitrogens with two attached hydrogens (primary N) is 1. The number of morpholine rings is 1. The van der Waals surface area contributed by atoms with Crippen LogP contribution in [0.1, 0.15) is 24.2 Å². The number of amides is 1. The Labute approximate surface area is 194 Å². The first-order valence-electron chi connectivity index (χ1n) is 10.3. The van der Waals surface area contributed by atoms with Crippen molar-refractivity contribution in [2.75, 3.05) is 37.9 Å². The quantitative estimate of drug-likeness (QED) is 0.596. The Balaban J connectivity index is 1.71. The molecular weight excluding hydrogens is 449 g/mol. The summed E-state index contributed by atoms with van der Waals surface area (Å²) in [4.78, 5) is 33.5. The Morgan fingerprint density at radius 1 is 1.30 bits per heavy atom. The third kappa shape index (κ3) is 5.01. The molecule has 1 aliphatic heterocycles. The molecule has 10 nitrogen and oxygen atoms in total. The van der Waals surface area contributed by atoms with E-state index in [4.69, 9.17) is 15.2 Å². The summed E-state index contributed by atoms with van der Waals surface area (Å²) in [5.41, 5.74) is 5.98. The summed E-state index contributed by atoms with van der Waals surface area (Å²) >= 11 is 1.22. The molecule has 1 saturated heterocycles. The number of hydrogen-bond acceptors (Lipinski definition) is 10. The van der Waals surface area contributed by atoms with E-state index < -0.39 is 5.82 Å². The number of carbonyl (C=O) groups excluding carboxylic acids is 1. The normalized spacial score (nSPS) is 18.3. The smallest absolute Gasteiger partial charge is 0.327 e. The second kappa shape index (κ2) is 9.24. The zero-order valence-electron chi connectivity index (χ0n) is 18.6. The first kappa shape index (κ1) is 22.8. The van der Waals surface area contributed by atoms with Crippen LogP contribution in [-0.2, 0) is 4.74 Å². The lowest BCUT2D eigenvalue weighted by Gasteiger charge is -2.36. The van der Waals surface area contributed by atoms with Gasteiger partial charge >= 0.3 is 6.01 Å². The number of carbonyl (C=O) groups is 1. The molecule has 2 atom stereocenters. The molecule has 12 heteroatoms. The van der Waals surface area contributed by atoms with E-state index in [0.717, 1.165) is 6.07 Å². The lowest BCUT2D eigenvalue weighted by atomic mass is 10.2. The molecule has 2 unspecified atom stereocenters. The maximum Gasteiger partial charge on any atom is 0.327 e. The minimum Gasteiger partial charge on any atom is -0.421 e. The summed E-state index contributed by atoms with van der Waals surface area (Å²) in [6, 6.07) is 3.91. The number of thiazole rings is 1. The van der Waals surface area contributed by atoms with Crippen LogP contribution in [0.5, 0.6) is 11.8 Å². The highest BCUT2D eigenvalue weighted by molar-refractivity contribution is 7.18. The van der Waals surface area contributed by atoms with Gasteiger partial charge in [0.25, 0.3) is 5.91 Å². The van der Waals surface area contributed by atoms with Gasteiger partial charge in [-0.25, -0.2) is 9.37 Å². The highest BCUT2D eigenvalue weighted by atomic mass is 32.1. The number of rotatable bonds is 5. The van der Waals surface area contributed by atoms with Gasteiger partial charge in [-0.1, -0.05) is 11.3 Å². The average molecular weight is 474 g/mol. The zero-order chi connectivity index (χ0) is 23.7. The molecule has 0 spiro atoms. The van der Waals surface area contributed by atoms with Crippen molar-refractivity contribution in [1.82, 2.24) is 24.8 Å². The average Bonchev–Trinajstić information content (AvgIpc) is 3.22. The number of benzene rings is 1. The minimum absolute atomic E-state index is 0.0101. The van der Waals surface area contributed by atoms with Gasteiger partial charge in [0.1, 0.15) is 0 Å². The van der Waals surface area contributed by atoms with Crippen LogP contribution in [0.15, 0.2) is 24.4 Å². The van der Waals surface area contributed by atoms with Crippen LogP contribution >= 0.6 is 11.3 Å². The van der Waals surface area contributed by atoms with Gasteiger partial charge in [-0.05, 0) is 32.0 Å². The molecule has 33 heavy (non-hydrogen) atoms. The van der Waals surface area contributed by atoms with E-state index in [1.165, 1.54) is 28.4 Å². The largest absolute Gasteiger partial charge is 0.421 e. The van der Waals surface area contributed by atoms with E-state index in [9.17, 15) is 9.18 Å². The van der Waals surface area contributed by atoms with Crippen molar-refractivity contribution in [1.29, 1.82) is 0 Å². The van der Waals surface area contributed by atoms with Crippen LogP contribution in [0.3, 0.4) is 0 Å². The molecule has 3 aromatic rings. The summed E-state index contributed by atoms with van der Waals surface area (Å²) in [7, 11) is 3.19. The Morgan fingerprint density at radius 2 is 2.09 bits per heavy atom. The van der Waals surface area contributed by atoms with Crippen molar-refractivity contribution in [2.24, 2.45) is 0 Å². The van der Waals surface area contributed by atoms with Gasteiger partial charge in [0.05, 0.1) is 29.8 Å². The molecule has 2 N–H and O–H groups in total. The lowest BCUT2D eigenvalue weighted by molar-refractivity contribution is 0.0336. The maximum absolute atomic E-state index is 14.7. The van der Waals surface area contributed by atoms with E-state index in [0.29, 0.717) is 34.9 Å². The molecule has 0 bridgehead atoms. The molecule has 2 aromatic heterocycles. The van der Waals surface area contributed by atoms with Crippen LogP contribution < -0.4 is 15.4 Å².